The van der Waals surface area contributed by atoms with Gasteiger partial charge in [-0.25, -0.2) is 0 Å². The normalized spacial score (nSPS) is 35.0. The van der Waals surface area contributed by atoms with Gasteiger partial charge in [-0.05, 0) is 51.6 Å². The van der Waals surface area contributed by atoms with E-state index in [0.717, 1.165) is 5.92 Å². The summed E-state index contributed by atoms with van der Waals surface area (Å²) in [6.07, 6.45) is 6.60. The minimum atomic E-state index is 0.267. The molecule has 1 heterocycles. The lowest BCUT2D eigenvalue weighted by molar-refractivity contribution is 0.192. The standard InChI is InChI=1S/C10H20N2/c1-12-6-2-3-9(8-12)7-10(11)4-5-10/h9H,2-8,11H2,1H3. The number of piperidine rings is 1. The van der Waals surface area contributed by atoms with Crippen LogP contribution in [0.5, 0.6) is 0 Å². The summed E-state index contributed by atoms with van der Waals surface area (Å²) >= 11 is 0. The highest BCUT2D eigenvalue weighted by atomic mass is 15.1. The van der Waals surface area contributed by atoms with Gasteiger partial charge >= 0.3 is 0 Å². The molecule has 0 aromatic heterocycles. The molecule has 0 bridgehead atoms. The Bertz CT molecular complexity index is 163. The molecule has 1 saturated heterocycles. The van der Waals surface area contributed by atoms with Crippen LogP contribution in [0.25, 0.3) is 0 Å². The van der Waals surface area contributed by atoms with Gasteiger partial charge in [-0.3, -0.25) is 0 Å². The molecule has 2 nitrogen and oxygen atoms in total. The van der Waals surface area contributed by atoms with Crippen LogP contribution in [0.4, 0.5) is 0 Å². The molecule has 2 fully saturated rings. The number of hydrogen-bond donors (Lipinski definition) is 1. The summed E-state index contributed by atoms with van der Waals surface area (Å²) < 4.78 is 0. The van der Waals surface area contributed by atoms with Gasteiger partial charge in [0.05, 0.1) is 0 Å². The van der Waals surface area contributed by atoms with E-state index in [1.165, 1.54) is 45.2 Å². The van der Waals surface area contributed by atoms with Crippen molar-refractivity contribution < 1.29 is 0 Å². The lowest BCUT2D eigenvalue weighted by Crippen LogP contribution is -2.36. The number of nitrogens with two attached hydrogens (primary N) is 1. The predicted molar refractivity (Wildman–Crippen MR) is 51.0 cm³/mol. The van der Waals surface area contributed by atoms with E-state index in [9.17, 15) is 0 Å². The van der Waals surface area contributed by atoms with Gasteiger partial charge in [0.25, 0.3) is 0 Å². The van der Waals surface area contributed by atoms with E-state index in [4.69, 9.17) is 5.73 Å². The lowest BCUT2D eigenvalue weighted by Gasteiger charge is -2.31. The monoisotopic (exact) mass is 168 g/mol. The summed E-state index contributed by atoms with van der Waals surface area (Å²) in [5, 5.41) is 0. The van der Waals surface area contributed by atoms with E-state index < -0.39 is 0 Å². The van der Waals surface area contributed by atoms with Gasteiger partial charge in [-0.1, -0.05) is 0 Å². The highest BCUT2D eigenvalue weighted by molar-refractivity contribution is 5.00. The van der Waals surface area contributed by atoms with Gasteiger partial charge in [0.1, 0.15) is 0 Å². The molecule has 70 valence electrons. The maximum atomic E-state index is 6.10. The Kier molecular flexibility index (Phi) is 2.13. The van der Waals surface area contributed by atoms with Crippen LogP contribution >= 0.6 is 0 Å². The van der Waals surface area contributed by atoms with Crippen molar-refractivity contribution in [1.29, 1.82) is 0 Å². The maximum Gasteiger partial charge on any atom is 0.0158 e. The van der Waals surface area contributed by atoms with E-state index in [1.807, 2.05) is 0 Å². The van der Waals surface area contributed by atoms with Crippen LogP contribution in [0, 0.1) is 5.92 Å². The van der Waals surface area contributed by atoms with Crippen molar-refractivity contribution in [3.8, 4) is 0 Å². The Morgan fingerprint density at radius 3 is 2.83 bits per heavy atom. The predicted octanol–water partition coefficient (Wildman–Crippen LogP) is 1.21. The van der Waals surface area contributed by atoms with Crippen LogP contribution < -0.4 is 5.73 Å². The molecule has 2 rings (SSSR count). The van der Waals surface area contributed by atoms with Crippen molar-refractivity contribution in [3.05, 3.63) is 0 Å². The summed E-state index contributed by atoms with van der Waals surface area (Å²) in [6.45, 7) is 2.56. The second-order valence-corrected chi connectivity index (χ2v) is 4.84. The fourth-order valence-corrected chi connectivity index (χ4v) is 2.38. The van der Waals surface area contributed by atoms with E-state index in [1.54, 1.807) is 0 Å². The molecule has 0 radical (unpaired) electrons. The number of rotatable bonds is 2. The van der Waals surface area contributed by atoms with Crippen LogP contribution in [0.15, 0.2) is 0 Å². The zero-order valence-corrected chi connectivity index (χ0v) is 8.05. The van der Waals surface area contributed by atoms with Crippen LogP contribution in [-0.4, -0.2) is 30.6 Å². The Labute approximate surface area is 75.1 Å². The second kappa shape index (κ2) is 3.00. The quantitative estimate of drug-likeness (QED) is 0.671. The molecular formula is C10H20N2. The summed E-state index contributed by atoms with van der Waals surface area (Å²) in [6, 6.07) is 0. The fourth-order valence-electron chi connectivity index (χ4n) is 2.38. The number of likely N-dealkylation sites (tertiary alicyclic amines) is 1. The van der Waals surface area contributed by atoms with Gasteiger partial charge in [0, 0.05) is 12.1 Å². The molecule has 1 atom stereocenters. The highest BCUT2D eigenvalue weighted by Gasteiger charge is 2.40. The average Bonchev–Trinajstić information content (AvgIpc) is 2.67. The average molecular weight is 168 g/mol. The Morgan fingerprint density at radius 2 is 2.25 bits per heavy atom. The summed E-state index contributed by atoms with van der Waals surface area (Å²) in [4.78, 5) is 2.44. The largest absolute Gasteiger partial charge is 0.325 e. The summed E-state index contributed by atoms with van der Waals surface area (Å²) in [5.74, 6) is 0.885. The molecule has 12 heavy (non-hydrogen) atoms. The Hall–Kier alpha value is -0.0800. The number of hydrogen-bond acceptors (Lipinski definition) is 2. The van der Waals surface area contributed by atoms with Gasteiger partial charge < -0.3 is 10.6 Å². The molecule has 2 heteroatoms. The van der Waals surface area contributed by atoms with Crippen molar-refractivity contribution in [1.82, 2.24) is 4.90 Å². The Morgan fingerprint density at radius 1 is 1.50 bits per heavy atom. The molecule has 2 aliphatic rings. The SMILES string of the molecule is CN1CCCC(CC2(N)CC2)C1. The third kappa shape index (κ3) is 1.99. The fraction of sp³-hybridized carbons (Fsp3) is 1.00. The van der Waals surface area contributed by atoms with E-state index in [0.29, 0.717) is 0 Å². The smallest absolute Gasteiger partial charge is 0.0158 e. The maximum absolute atomic E-state index is 6.10. The van der Waals surface area contributed by atoms with Gasteiger partial charge in [-0.15, -0.1) is 0 Å². The zero-order valence-electron chi connectivity index (χ0n) is 8.05. The van der Waals surface area contributed by atoms with Crippen molar-refractivity contribution in [2.24, 2.45) is 11.7 Å². The summed E-state index contributed by atoms with van der Waals surface area (Å²) in [5.41, 5.74) is 6.37. The molecule has 0 amide bonds. The highest BCUT2D eigenvalue weighted by Crippen LogP contribution is 2.39. The van der Waals surface area contributed by atoms with Crippen molar-refractivity contribution >= 4 is 0 Å². The third-order valence-electron chi connectivity index (χ3n) is 3.31. The molecule has 1 unspecified atom stereocenters. The molecular weight excluding hydrogens is 148 g/mol. The molecule has 1 saturated carbocycles. The van der Waals surface area contributed by atoms with Gasteiger partial charge in [0.2, 0.25) is 0 Å². The topological polar surface area (TPSA) is 29.3 Å². The van der Waals surface area contributed by atoms with Crippen LogP contribution in [0.2, 0.25) is 0 Å². The third-order valence-corrected chi connectivity index (χ3v) is 3.31. The van der Waals surface area contributed by atoms with E-state index in [2.05, 4.69) is 11.9 Å². The first-order chi connectivity index (χ1) is 5.68. The van der Waals surface area contributed by atoms with Gasteiger partial charge in [-0.2, -0.15) is 0 Å². The molecule has 0 aromatic carbocycles. The Balaban J connectivity index is 1.79. The van der Waals surface area contributed by atoms with Crippen molar-refractivity contribution in [2.75, 3.05) is 20.1 Å². The molecule has 0 spiro atoms. The molecule has 0 aromatic rings. The van der Waals surface area contributed by atoms with Crippen LogP contribution in [0.3, 0.4) is 0 Å². The molecule has 1 aliphatic carbocycles. The molecule has 1 aliphatic heterocycles. The van der Waals surface area contributed by atoms with Gasteiger partial charge in [0.15, 0.2) is 0 Å². The van der Waals surface area contributed by atoms with E-state index >= 15 is 0 Å². The zero-order chi connectivity index (χ0) is 8.60. The minimum absolute atomic E-state index is 0.267. The van der Waals surface area contributed by atoms with Crippen LogP contribution in [-0.2, 0) is 0 Å². The second-order valence-electron chi connectivity index (χ2n) is 4.84. The van der Waals surface area contributed by atoms with Crippen molar-refractivity contribution in [2.45, 2.75) is 37.6 Å². The minimum Gasteiger partial charge on any atom is -0.325 e. The first kappa shape index (κ1) is 8.52. The number of nitrogens with zero attached hydrogens (tertiary/aromatic N) is 1. The van der Waals surface area contributed by atoms with Crippen molar-refractivity contribution in [3.63, 3.8) is 0 Å². The first-order valence-electron chi connectivity index (χ1n) is 5.15. The van der Waals surface area contributed by atoms with E-state index in [-0.39, 0.29) is 5.54 Å². The molecule has 2 N–H and O–H groups in total. The van der Waals surface area contributed by atoms with Crippen LogP contribution in [0.1, 0.15) is 32.1 Å². The summed E-state index contributed by atoms with van der Waals surface area (Å²) in [7, 11) is 2.22. The first-order valence-corrected chi connectivity index (χ1v) is 5.15. The lowest BCUT2D eigenvalue weighted by atomic mass is 9.91.